The number of fused-ring (bicyclic) bond motifs is 1. The highest BCUT2D eigenvalue weighted by Gasteiger charge is 2.29. The average molecular weight is 383 g/mol. The fourth-order valence-corrected chi connectivity index (χ4v) is 3.26. The van der Waals surface area contributed by atoms with Crippen molar-refractivity contribution in [1.29, 1.82) is 0 Å². The van der Waals surface area contributed by atoms with Crippen LogP contribution >= 0.6 is 0 Å². The molecule has 2 aromatic rings. The Kier molecular flexibility index (Phi) is 4.30. The van der Waals surface area contributed by atoms with Crippen LogP contribution < -0.4 is 10.2 Å². The molecule has 0 saturated carbocycles. The molecule has 4 rings (SSSR count). The smallest absolute Gasteiger partial charge is 0.358 e. The third kappa shape index (κ3) is 3.08. The van der Waals surface area contributed by atoms with E-state index in [1.807, 2.05) is 0 Å². The molecule has 28 heavy (non-hydrogen) atoms. The van der Waals surface area contributed by atoms with E-state index in [1.54, 1.807) is 39.9 Å². The number of rotatable bonds is 3. The lowest BCUT2D eigenvalue weighted by Gasteiger charge is -2.27. The number of methoxy groups -OCH3 is 1. The van der Waals surface area contributed by atoms with Gasteiger partial charge in [-0.3, -0.25) is 24.5 Å². The third-order valence-electron chi connectivity index (χ3n) is 4.70. The second-order valence-corrected chi connectivity index (χ2v) is 6.45. The van der Waals surface area contributed by atoms with Crippen molar-refractivity contribution in [2.75, 3.05) is 25.1 Å². The molecule has 144 valence electrons. The second kappa shape index (κ2) is 6.80. The first kappa shape index (κ1) is 17.7. The van der Waals surface area contributed by atoms with Crippen LogP contribution in [0.3, 0.4) is 0 Å². The van der Waals surface area contributed by atoms with Crippen LogP contribution in [0.1, 0.15) is 26.5 Å². The maximum atomic E-state index is 12.8. The Balaban J connectivity index is 1.48. The minimum atomic E-state index is -0.514. The molecule has 1 saturated heterocycles. The SMILES string of the molecule is COC(=O)c1cc2n(n1)CCN(C(=O)c1ccc(N3CC(=O)NC3=O)cc1)C2. The zero-order chi connectivity index (χ0) is 19.8. The van der Waals surface area contributed by atoms with Gasteiger partial charge in [0, 0.05) is 17.8 Å². The molecule has 2 aliphatic rings. The lowest BCUT2D eigenvalue weighted by atomic mass is 10.1. The molecular formula is C18H17N5O5. The number of esters is 1. The molecular weight excluding hydrogens is 366 g/mol. The summed E-state index contributed by atoms with van der Waals surface area (Å²) in [5.41, 5.74) is 1.98. The molecule has 1 aromatic heterocycles. The molecule has 4 amide bonds. The molecule has 10 nitrogen and oxygen atoms in total. The van der Waals surface area contributed by atoms with Gasteiger partial charge in [0.1, 0.15) is 6.54 Å². The molecule has 0 radical (unpaired) electrons. The number of nitrogens with zero attached hydrogens (tertiary/aromatic N) is 4. The highest BCUT2D eigenvalue weighted by Crippen LogP contribution is 2.21. The summed E-state index contributed by atoms with van der Waals surface area (Å²) < 4.78 is 6.37. The number of hydrogen-bond acceptors (Lipinski definition) is 6. The zero-order valence-electron chi connectivity index (χ0n) is 15.0. The van der Waals surface area contributed by atoms with E-state index in [9.17, 15) is 19.2 Å². The molecule has 0 unspecified atom stereocenters. The number of carbonyl (C=O) groups is 4. The predicted octanol–water partition coefficient (Wildman–Crippen LogP) is 0.382. The Morgan fingerprint density at radius 2 is 1.86 bits per heavy atom. The number of nitrogens with one attached hydrogen (secondary N) is 1. The molecule has 2 aliphatic heterocycles. The van der Waals surface area contributed by atoms with Gasteiger partial charge in [-0.1, -0.05) is 0 Å². The van der Waals surface area contributed by atoms with E-state index < -0.39 is 12.0 Å². The van der Waals surface area contributed by atoms with Crippen LogP contribution in [0.4, 0.5) is 10.5 Å². The largest absolute Gasteiger partial charge is 0.464 e. The van der Waals surface area contributed by atoms with Crippen LogP contribution in [0, 0.1) is 0 Å². The summed E-state index contributed by atoms with van der Waals surface area (Å²) in [7, 11) is 1.29. The summed E-state index contributed by atoms with van der Waals surface area (Å²) in [6.45, 7) is 1.23. The highest BCUT2D eigenvalue weighted by atomic mass is 16.5. The number of carbonyl (C=O) groups excluding carboxylic acids is 4. The highest BCUT2D eigenvalue weighted by molar-refractivity contribution is 6.12. The second-order valence-electron chi connectivity index (χ2n) is 6.45. The Labute approximate surface area is 159 Å². The molecule has 1 fully saturated rings. The molecule has 0 spiro atoms. The molecule has 0 aliphatic carbocycles. The maximum absolute atomic E-state index is 12.8. The number of anilines is 1. The van der Waals surface area contributed by atoms with Crippen molar-refractivity contribution in [3.05, 3.63) is 47.3 Å². The van der Waals surface area contributed by atoms with Crippen molar-refractivity contribution in [1.82, 2.24) is 20.0 Å². The number of imide groups is 1. The van der Waals surface area contributed by atoms with Gasteiger partial charge in [0.2, 0.25) is 5.91 Å². The van der Waals surface area contributed by atoms with Crippen molar-refractivity contribution in [2.24, 2.45) is 0 Å². The molecule has 0 bridgehead atoms. The quantitative estimate of drug-likeness (QED) is 0.606. The molecule has 1 N–H and O–H groups in total. The van der Waals surface area contributed by atoms with Crippen molar-refractivity contribution >= 4 is 29.5 Å². The predicted molar refractivity (Wildman–Crippen MR) is 95.6 cm³/mol. The van der Waals surface area contributed by atoms with Gasteiger partial charge in [-0.2, -0.15) is 5.10 Å². The summed E-state index contributed by atoms with van der Waals surface area (Å²) >= 11 is 0. The summed E-state index contributed by atoms with van der Waals surface area (Å²) in [6, 6.07) is 7.66. The summed E-state index contributed by atoms with van der Waals surface area (Å²) in [5, 5.41) is 6.40. The first-order chi connectivity index (χ1) is 13.5. The van der Waals surface area contributed by atoms with Crippen molar-refractivity contribution in [3.63, 3.8) is 0 Å². The maximum Gasteiger partial charge on any atom is 0.358 e. The number of ether oxygens (including phenoxy) is 1. The Morgan fingerprint density at radius 1 is 1.11 bits per heavy atom. The van der Waals surface area contributed by atoms with Gasteiger partial charge in [0.05, 0.1) is 25.9 Å². The van der Waals surface area contributed by atoms with Crippen LogP contribution in [-0.4, -0.2) is 58.7 Å². The Morgan fingerprint density at radius 3 is 2.50 bits per heavy atom. The van der Waals surface area contributed by atoms with Crippen molar-refractivity contribution in [3.8, 4) is 0 Å². The molecule has 0 atom stereocenters. The lowest BCUT2D eigenvalue weighted by Crippen LogP contribution is -2.38. The monoisotopic (exact) mass is 383 g/mol. The molecule has 3 heterocycles. The van der Waals surface area contributed by atoms with Crippen LogP contribution in [0.15, 0.2) is 30.3 Å². The van der Waals surface area contributed by atoms with Gasteiger partial charge in [-0.05, 0) is 30.3 Å². The Hall–Kier alpha value is -3.69. The van der Waals surface area contributed by atoms with Gasteiger partial charge in [-0.15, -0.1) is 0 Å². The van der Waals surface area contributed by atoms with E-state index in [0.29, 0.717) is 30.9 Å². The van der Waals surface area contributed by atoms with E-state index in [2.05, 4.69) is 15.2 Å². The summed E-state index contributed by atoms with van der Waals surface area (Å²) in [6.07, 6.45) is 0. The van der Waals surface area contributed by atoms with E-state index in [-0.39, 0.29) is 24.1 Å². The number of amides is 4. The van der Waals surface area contributed by atoms with Gasteiger partial charge in [-0.25, -0.2) is 9.59 Å². The van der Waals surface area contributed by atoms with Crippen LogP contribution in [0.5, 0.6) is 0 Å². The third-order valence-corrected chi connectivity index (χ3v) is 4.70. The van der Waals surface area contributed by atoms with Crippen LogP contribution in [0.25, 0.3) is 0 Å². The topological polar surface area (TPSA) is 114 Å². The standard InChI is InChI=1S/C18H17N5O5/c1-28-17(26)14-8-13-9-21(6-7-23(13)20-14)16(25)11-2-4-12(5-3-11)22-10-15(24)19-18(22)27/h2-5,8H,6-7,9-10H2,1H3,(H,19,24,27). The van der Waals surface area contributed by atoms with E-state index in [0.717, 1.165) is 5.69 Å². The number of urea groups is 1. The number of benzene rings is 1. The van der Waals surface area contributed by atoms with Gasteiger partial charge < -0.3 is 9.64 Å². The van der Waals surface area contributed by atoms with Crippen LogP contribution in [-0.2, 0) is 22.6 Å². The fraction of sp³-hybridized carbons (Fsp3) is 0.278. The van der Waals surface area contributed by atoms with E-state index >= 15 is 0 Å². The van der Waals surface area contributed by atoms with Crippen molar-refractivity contribution in [2.45, 2.75) is 13.1 Å². The summed E-state index contributed by atoms with van der Waals surface area (Å²) in [5.74, 6) is -1.04. The zero-order valence-corrected chi connectivity index (χ0v) is 15.0. The van der Waals surface area contributed by atoms with E-state index in [1.165, 1.54) is 12.0 Å². The lowest BCUT2D eigenvalue weighted by molar-refractivity contribution is -0.117. The van der Waals surface area contributed by atoms with E-state index in [4.69, 9.17) is 0 Å². The van der Waals surface area contributed by atoms with Gasteiger partial charge in [0.15, 0.2) is 5.69 Å². The first-order valence-electron chi connectivity index (χ1n) is 8.62. The molecule has 10 heteroatoms. The van der Waals surface area contributed by atoms with Crippen molar-refractivity contribution < 1.29 is 23.9 Å². The first-order valence-corrected chi connectivity index (χ1v) is 8.62. The minimum Gasteiger partial charge on any atom is -0.464 e. The Bertz CT molecular complexity index is 981. The average Bonchev–Trinajstić information content (AvgIpc) is 3.28. The van der Waals surface area contributed by atoms with Gasteiger partial charge >= 0.3 is 12.0 Å². The van der Waals surface area contributed by atoms with Gasteiger partial charge in [0.25, 0.3) is 5.91 Å². The fourth-order valence-electron chi connectivity index (χ4n) is 3.26. The number of hydrogen-bond donors (Lipinski definition) is 1. The van der Waals surface area contributed by atoms with Crippen LogP contribution in [0.2, 0.25) is 0 Å². The normalized spacial score (nSPS) is 16.0. The minimum absolute atomic E-state index is 0.0369. The summed E-state index contributed by atoms with van der Waals surface area (Å²) in [4.78, 5) is 50.4. The molecule has 1 aromatic carbocycles. The number of aromatic nitrogens is 2.